The maximum atomic E-state index is 11.8. The molecule has 3 heterocycles. The van der Waals surface area contributed by atoms with Gasteiger partial charge >= 0.3 is 0 Å². The predicted octanol–water partition coefficient (Wildman–Crippen LogP) is 2.57. The lowest BCUT2D eigenvalue weighted by molar-refractivity contribution is 0.0162. The zero-order valence-electron chi connectivity index (χ0n) is 11.3. The number of hydrogen-bond donors (Lipinski definition) is 2. The van der Waals surface area contributed by atoms with Gasteiger partial charge in [0.05, 0.1) is 11.0 Å². The average Bonchev–Trinajstić information content (AvgIpc) is 3.01. The van der Waals surface area contributed by atoms with Crippen molar-refractivity contribution in [3.05, 3.63) is 35.1 Å². The van der Waals surface area contributed by atoms with Gasteiger partial charge < -0.3 is 4.74 Å². The van der Waals surface area contributed by atoms with Crippen molar-refractivity contribution in [3.63, 3.8) is 0 Å². The van der Waals surface area contributed by atoms with Gasteiger partial charge in [-0.05, 0) is 31.4 Å². The first kappa shape index (κ1) is 14.1. The summed E-state index contributed by atoms with van der Waals surface area (Å²) in [5.74, 6) is -0.606. The van der Waals surface area contributed by atoms with Gasteiger partial charge in [0.25, 0.3) is 5.91 Å². The maximum Gasteiger partial charge on any atom is 0.294 e. The van der Waals surface area contributed by atoms with Gasteiger partial charge in [0.1, 0.15) is 10.7 Å². The number of hydroxylamine groups is 1. The third kappa shape index (κ3) is 2.94. The van der Waals surface area contributed by atoms with Crippen LogP contribution in [0.15, 0.2) is 24.5 Å². The highest BCUT2D eigenvalue weighted by molar-refractivity contribution is 7.15. The number of aromatic nitrogens is 2. The number of carbonyl (C=O) groups is 1. The average molecular weight is 305 g/mol. The molecule has 0 bridgehead atoms. The number of nitrogens with zero attached hydrogens (tertiary/aromatic N) is 2. The lowest BCUT2D eigenvalue weighted by Crippen LogP contribution is -2.22. The number of rotatable bonds is 3. The fourth-order valence-corrected chi connectivity index (χ4v) is 3.46. The molecule has 1 fully saturated rings. The van der Waals surface area contributed by atoms with E-state index in [1.807, 2.05) is 12.1 Å². The van der Waals surface area contributed by atoms with Gasteiger partial charge in [-0.1, -0.05) is 0 Å². The molecule has 2 aromatic rings. The van der Waals surface area contributed by atoms with Crippen molar-refractivity contribution >= 4 is 17.2 Å². The Hall–Kier alpha value is -1.83. The summed E-state index contributed by atoms with van der Waals surface area (Å²) in [6.45, 7) is 0.685. The zero-order valence-corrected chi connectivity index (χ0v) is 12.1. The quantitative estimate of drug-likeness (QED) is 0.672. The first-order valence-corrected chi connectivity index (χ1v) is 7.58. The van der Waals surface area contributed by atoms with E-state index in [4.69, 9.17) is 9.94 Å². The van der Waals surface area contributed by atoms with Crippen LogP contribution in [0.5, 0.6) is 0 Å². The second kappa shape index (κ2) is 6.30. The molecule has 6 nitrogen and oxygen atoms in total. The molecule has 0 saturated carbocycles. The molecule has 0 radical (unpaired) electrons. The molecular formula is C14H15N3O3S. The van der Waals surface area contributed by atoms with Gasteiger partial charge in [0.15, 0.2) is 0 Å². The van der Waals surface area contributed by atoms with Crippen LogP contribution in [0, 0.1) is 0 Å². The van der Waals surface area contributed by atoms with Gasteiger partial charge in [0.2, 0.25) is 0 Å². The van der Waals surface area contributed by atoms with Crippen molar-refractivity contribution in [1.29, 1.82) is 0 Å². The molecule has 1 aliphatic heterocycles. The van der Waals surface area contributed by atoms with Crippen molar-refractivity contribution in [1.82, 2.24) is 15.4 Å². The summed E-state index contributed by atoms with van der Waals surface area (Å²) in [6, 6.07) is 3.71. The van der Waals surface area contributed by atoms with Crippen molar-refractivity contribution in [2.24, 2.45) is 0 Å². The molecule has 1 amide bonds. The molecule has 1 aliphatic rings. The Labute approximate surface area is 125 Å². The smallest absolute Gasteiger partial charge is 0.294 e. The Morgan fingerprint density at radius 3 is 3.05 bits per heavy atom. The third-order valence-electron chi connectivity index (χ3n) is 3.35. The van der Waals surface area contributed by atoms with Crippen LogP contribution in [0.25, 0.3) is 10.6 Å². The molecule has 3 rings (SSSR count). The van der Waals surface area contributed by atoms with Gasteiger partial charge in [-0.15, -0.1) is 11.3 Å². The minimum Gasteiger partial charge on any atom is -0.373 e. The highest BCUT2D eigenvalue weighted by atomic mass is 32.1. The molecule has 21 heavy (non-hydrogen) atoms. The Morgan fingerprint density at radius 1 is 1.48 bits per heavy atom. The topological polar surface area (TPSA) is 84.3 Å². The summed E-state index contributed by atoms with van der Waals surface area (Å²) in [5.41, 5.74) is 2.73. The van der Waals surface area contributed by atoms with E-state index in [0.29, 0.717) is 11.6 Å². The molecule has 1 saturated heterocycles. The lowest BCUT2D eigenvalue weighted by Gasteiger charge is -2.21. The minimum atomic E-state index is -0.606. The molecule has 0 spiro atoms. The number of carbonyl (C=O) groups excluding carboxylic acids is 1. The Bertz CT molecular complexity index is 624. The molecule has 0 aromatic carbocycles. The number of hydrogen-bond acceptors (Lipinski definition) is 6. The first-order chi connectivity index (χ1) is 10.3. The zero-order chi connectivity index (χ0) is 14.7. The second-order valence-electron chi connectivity index (χ2n) is 4.77. The summed E-state index contributed by atoms with van der Waals surface area (Å²) in [7, 11) is 0. The van der Waals surface area contributed by atoms with Crippen LogP contribution in [0.3, 0.4) is 0 Å². The molecule has 7 heteroatoms. The molecular weight excluding hydrogens is 290 g/mol. The molecule has 2 N–H and O–H groups in total. The summed E-state index contributed by atoms with van der Waals surface area (Å²) in [4.78, 5) is 21.0. The monoisotopic (exact) mass is 305 g/mol. The second-order valence-corrected chi connectivity index (χ2v) is 5.80. The summed E-state index contributed by atoms with van der Waals surface area (Å²) in [5, 5.41) is 9.60. The number of nitrogens with one attached hydrogen (secondary N) is 1. The van der Waals surface area contributed by atoms with Crippen molar-refractivity contribution in [3.8, 4) is 10.6 Å². The molecule has 1 atom stereocenters. The van der Waals surface area contributed by atoms with Crippen LogP contribution in [0.1, 0.15) is 40.7 Å². The molecule has 1 unspecified atom stereocenters. The highest BCUT2D eigenvalue weighted by Gasteiger charge is 2.27. The number of thiazole rings is 1. The predicted molar refractivity (Wildman–Crippen MR) is 77.1 cm³/mol. The number of amides is 1. The van der Waals surface area contributed by atoms with Crippen LogP contribution >= 0.6 is 11.3 Å². The Kier molecular flexibility index (Phi) is 4.23. The summed E-state index contributed by atoms with van der Waals surface area (Å²) in [6.07, 6.45) is 6.21. The van der Waals surface area contributed by atoms with Crippen molar-refractivity contribution in [2.45, 2.75) is 25.4 Å². The standard InChI is InChI=1S/C14H15N3O3S/c18-13(17-19)11-12(10-5-1-2-7-20-10)21-14(16-11)9-4-3-6-15-8-9/h3-4,6,8,10,19H,1-2,5,7H2,(H,17,18). The van der Waals surface area contributed by atoms with Crippen molar-refractivity contribution in [2.75, 3.05) is 6.61 Å². The number of ether oxygens (including phenoxy) is 1. The van der Waals surface area contributed by atoms with Crippen LogP contribution < -0.4 is 5.48 Å². The van der Waals surface area contributed by atoms with E-state index in [-0.39, 0.29) is 11.8 Å². The van der Waals surface area contributed by atoms with E-state index in [2.05, 4.69) is 9.97 Å². The molecule has 0 aliphatic carbocycles. The van der Waals surface area contributed by atoms with Crippen LogP contribution in [0.2, 0.25) is 0 Å². The van der Waals surface area contributed by atoms with Crippen LogP contribution in [-0.2, 0) is 4.74 Å². The summed E-state index contributed by atoms with van der Waals surface area (Å²) >= 11 is 1.41. The van der Waals surface area contributed by atoms with Crippen LogP contribution in [0.4, 0.5) is 0 Å². The van der Waals surface area contributed by atoms with Gasteiger partial charge in [-0.2, -0.15) is 0 Å². The van der Waals surface area contributed by atoms with Crippen LogP contribution in [-0.4, -0.2) is 27.7 Å². The summed E-state index contributed by atoms with van der Waals surface area (Å²) < 4.78 is 5.74. The SMILES string of the molecule is O=C(NO)c1nc(-c2cccnc2)sc1C1CCCCO1. The lowest BCUT2D eigenvalue weighted by atomic mass is 10.1. The largest absolute Gasteiger partial charge is 0.373 e. The van der Waals surface area contributed by atoms with Gasteiger partial charge in [0, 0.05) is 24.6 Å². The normalized spacial score (nSPS) is 18.4. The minimum absolute atomic E-state index is 0.131. The van der Waals surface area contributed by atoms with E-state index >= 15 is 0 Å². The van der Waals surface area contributed by atoms with E-state index in [1.54, 1.807) is 17.9 Å². The Morgan fingerprint density at radius 2 is 2.38 bits per heavy atom. The fraction of sp³-hybridized carbons (Fsp3) is 0.357. The third-order valence-corrected chi connectivity index (χ3v) is 4.55. The van der Waals surface area contributed by atoms with E-state index in [0.717, 1.165) is 29.7 Å². The first-order valence-electron chi connectivity index (χ1n) is 6.76. The Balaban J connectivity index is 2.00. The highest BCUT2D eigenvalue weighted by Crippen LogP contribution is 2.37. The van der Waals surface area contributed by atoms with E-state index in [9.17, 15) is 4.79 Å². The van der Waals surface area contributed by atoms with Crippen molar-refractivity contribution < 1.29 is 14.7 Å². The van der Waals surface area contributed by atoms with E-state index in [1.165, 1.54) is 11.3 Å². The van der Waals surface area contributed by atoms with E-state index < -0.39 is 5.91 Å². The maximum absolute atomic E-state index is 11.8. The fourth-order valence-electron chi connectivity index (χ4n) is 2.33. The van der Waals surface area contributed by atoms with Gasteiger partial charge in [-0.3, -0.25) is 15.0 Å². The number of pyridine rings is 1. The molecule has 2 aromatic heterocycles. The molecule has 110 valence electrons. The van der Waals surface area contributed by atoms with Gasteiger partial charge in [-0.25, -0.2) is 10.5 Å².